The zero-order valence-electron chi connectivity index (χ0n) is 9.09. The third-order valence-corrected chi connectivity index (χ3v) is 2.19. The van der Waals surface area contributed by atoms with Gasteiger partial charge in [0.2, 0.25) is 5.91 Å². The van der Waals surface area contributed by atoms with Crippen LogP contribution in [0.2, 0.25) is 0 Å². The maximum Gasteiger partial charge on any atom is 0.416 e. The van der Waals surface area contributed by atoms with E-state index in [0.717, 1.165) is 19.1 Å². The van der Waals surface area contributed by atoms with Gasteiger partial charge in [-0.2, -0.15) is 18.3 Å². The van der Waals surface area contributed by atoms with Gasteiger partial charge >= 0.3 is 6.18 Å². The van der Waals surface area contributed by atoms with Gasteiger partial charge in [0, 0.05) is 6.92 Å². The molecule has 0 bridgehead atoms. The van der Waals surface area contributed by atoms with Gasteiger partial charge in [-0.1, -0.05) is 22.7 Å². The van der Waals surface area contributed by atoms with E-state index in [4.69, 9.17) is 0 Å². The lowest BCUT2D eigenvalue weighted by Gasteiger charge is -2.11. The molecule has 0 unspecified atom stereocenters. The van der Waals surface area contributed by atoms with Crippen LogP contribution in [0.5, 0.6) is 0 Å². The summed E-state index contributed by atoms with van der Waals surface area (Å²) in [6, 6.07) is 4.62. The van der Waals surface area contributed by atoms with Crippen LogP contribution in [-0.4, -0.2) is 17.6 Å². The van der Waals surface area contributed by atoms with Crippen LogP contribution in [0.15, 0.2) is 24.3 Å². The van der Waals surface area contributed by atoms with Crippen molar-refractivity contribution in [2.75, 3.05) is 6.54 Å². The molecular formula is C11H11F4NO. The SMILES string of the molecule is CC(=O)N(F)CCc1cccc(C(F)(F)F)c1. The molecule has 0 N–H and O–H groups in total. The number of carbonyl (C=O) groups is 1. The lowest BCUT2D eigenvalue weighted by molar-refractivity contribution is -0.143. The Kier molecular flexibility index (Phi) is 4.09. The summed E-state index contributed by atoms with van der Waals surface area (Å²) < 4.78 is 49.9. The monoisotopic (exact) mass is 249 g/mol. The molecule has 94 valence electrons. The number of rotatable bonds is 3. The second kappa shape index (κ2) is 5.16. The number of hydrogen-bond donors (Lipinski definition) is 0. The van der Waals surface area contributed by atoms with Crippen molar-refractivity contribution in [3.05, 3.63) is 35.4 Å². The largest absolute Gasteiger partial charge is 0.416 e. The predicted octanol–water partition coefficient (Wildman–Crippen LogP) is 2.98. The molecular weight excluding hydrogens is 238 g/mol. The summed E-state index contributed by atoms with van der Waals surface area (Å²) in [5.41, 5.74) is -0.438. The van der Waals surface area contributed by atoms with Crippen LogP contribution in [0.3, 0.4) is 0 Å². The highest BCUT2D eigenvalue weighted by molar-refractivity contribution is 5.71. The number of hydrogen-bond acceptors (Lipinski definition) is 1. The Bertz CT molecular complexity index is 403. The highest BCUT2D eigenvalue weighted by Gasteiger charge is 2.30. The van der Waals surface area contributed by atoms with Gasteiger partial charge in [-0.05, 0) is 18.1 Å². The third kappa shape index (κ3) is 4.05. The molecule has 17 heavy (non-hydrogen) atoms. The van der Waals surface area contributed by atoms with Gasteiger partial charge in [-0.25, -0.2) is 0 Å². The van der Waals surface area contributed by atoms with Crippen molar-refractivity contribution < 1.29 is 22.4 Å². The summed E-state index contributed by atoms with van der Waals surface area (Å²) in [6.45, 7) is 0.794. The number of nitrogens with zero attached hydrogens (tertiary/aromatic N) is 1. The summed E-state index contributed by atoms with van der Waals surface area (Å²) in [5.74, 6) is -0.767. The topological polar surface area (TPSA) is 20.3 Å². The minimum atomic E-state index is -4.41. The van der Waals surface area contributed by atoms with Crippen molar-refractivity contribution in [3.8, 4) is 0 Å². The molecule has 0 radical (unpaired) electrons. The standard InChI is InChI=1S/C11H11F4NO/c1-8(17)16(15)6-5-9-3-2-4-10(7-9)11(12,13)14/h2-4,7H,5-6H2,1H3. The average molecular weight is 249 g/mol. The molecule has 0 atom stereocenters. The smallest absolute Gasteiger partial charge is 0.273 e. The molecule has 0 aliphatic heterocycles. The van der Waals surface area contributed by atoms with E-state index < -0.39 is 17.6 Å². The lowest BCUT2D eigenvalue weighted by Crippen LogP contribution is -2.22. The molecule has 0 spiro atoms. The van der Waals surface area contributed by atoms with Crippen molar-refractivity contribution in [2.45, 2.75) is 19.5 Å². The van der Waals surface area contributed by atoms with Crippen molar-refractivity contribution in [1.82, 2.24) is 5.12 Å². The highest BCUT2D eigenvalue weighted by atomic mass is 19.4. The van der Waals surface area contributed by atoms with Crippen LogP contribution in [-0.2, 0) is 17.4 Å². The van der Waals surface area contributed by atoms with Crippen LogP contribution in [0, 0.1) is 0 Å². The summed E-state index contributed by atoms with van der Waals surface area (Å²) in [4.78, 5) is 10.6. The van der Waals surface area contributed by atoms with Crippen molar-refractivity contribution in [3.63, 3.8) is 0 Å². The minimum Gasteiger partial charge on any atom is -0.273 e. The van der Waals surface area contributed by atoms with Crippen molar-refractivity contribution >= 4 is 5.91 Å². The molecule has 0 aliphatic rings. The van der Waals surface area contributed by atoms with Gasteiger partial charge in [-0.15, -0.1) is 0 Å². The van der Waals surface area contributed by atoms with E-state index >= 15 is 0 Å². The van der Waals surface area contributed by atoms with E-state index in [2.05, 4.69) is 0 Å². The first-order chi connectivity index (χ1) is 7.80. The van der Waals surface area contributed by atoms with Crippen LogP contribution in [0.4, 0.5) is 17.7 Å². The fourth-order valence-corrected chi connectivity index (χ4v) is 1.29. The van der Waals surface area contributed by atoms with Gasteiger partial charge in [0.1, 0.15) is 0 Å². The fraction of sp³-hybridized carbons (Fsp3) is 0.364. The predicted molar refractivity (Wildman–Crippen MR) is 53.6 cm³/mol. The van der Waals surface area contributed by atoms with Crippen molar-refractivity contribution in [2.24, 2.45) is 0 Å². The second-order valence-corrected chi connectivity index (χ2v) is 3.55. The maximum atomic E-state index is 12.8. The number of carbonyl (C=O) groups excluding carboxylic acids is 1. The second-order valence-electron chi connectivity index (χ2n) is 3.55. The molecule has 0 heterocycles. The molecule has 6 heteroatoms. The molecule has 1 rings (SSSR count). The Morgan fingerprint density at radius 3 is 2.53 bits per heavy atom. The lowest BCUT2D eigenvalue weighted by atomic mass is 10.1. The molecule has 0 fully saturated rings. The highest BCUT2D eigenvalue weighted by Crippen LogP contribution is 2.29. The Balaban J connectivity index is 2.70. The van der Waals surface area contributed by atoms with Crippen LogP contribution < -0.4 is 0 Å². The summed E-state index contributed by atoms with van der Waals surface area (Å²) >= 11 is 0. The van der Waals surface area contributed by atoms with Crippen LogP contribution in [0.25, 0.3) is 0 Å². The van der Waals surface area contributed by atoms with E-state index in [1.165, 1.54) is 12.1 Å². The summed E-state index contributed by atoms with van der Waals surface area (Å²) in [6.07, 6.45) is -4.37. The van der Waals surface area contributed by atoms with Crippen molar-refractivity contribution in [1.29, 1.82) is 0 Å². The summed E-state index contributed by atoms with van der Waals surface area (Å²) in [7, 11) is 0. The van der Waals surface area contributed by atoms with E-state index in [1.54, 1.807) is 0 Å². The van der Waals surface area contributed by atoms with Crippen LogP contribution >= 0.6 is 0 Å². The minimum absolute atomic E-state index is 0.0275. The Morgan fingerprint density at radius 2 is 2.00 bits per heavy atom. The van der Waals surface area contributed by atoms with E-state index in [9.17, 15) is 22.4 Å². The first kappa shape index (κ1) is 13.5. The Morgan fingerprint density at radius 1 is 1.35 bits per heavy atom. The normalized spacial score (nSPS) is 11.4. The third-order valence-electron chi connectivity index (χ3n) is 2.19. The molecule has 1 aromatic rings. The summed E-state index contributed by atoms with van der Waals surface area (Å²) in [5, 5.41) is -0.0275. The van der Waals surface area contributed by atoms with Gasteiger partial charge in [0.25, 0.3) is 0 Å². The average Bonchev–Trinajstić information content (AvgIpc) is 2.25. The zero-order chi connectivity index (χ0) is 13.1. The van der Waals surface area contributed by atoms with Gasteiger partial charge in [0.15, 0.2) is 0 Å². The molecule has 0 saturated carbocycles. The van der Waals surface area contributed by atoms with E-state index in [1.807, 2.05) is 0 Å². The van der Waals surface area contributed by atoms with Gasteiger partial charge in [-0.3, -0.25) is 4.79 Å². The number of amides is 1. The molecule has 0 saturated heterocycles. The van der Waals surface area contributed by atoms with E-state index in [0.29, 0.717) is 5.56 Å². The molecule has 0 aromatic heterocycles. The van der Waals surface area contributed by atoms with Gasteiger partial charge < -0.3 is 0 Å². The molecule has 1 amide bonds. The van der Waals surface area contributed by atoms with E-state index in [-0.39, 0.29) is 18.1 Å². The number of benzene rings is 1. The zero-order valence-corrected chi connectivity index (χ0v) is 9.09. The molecule has 2 nitrogen and oxygen atoms in total. The quantitative estimate of drug-likeness (QED) is 0.595. The van der Waals surface area contributed by atoms with Crippen LogP contribution in [0.1, 0.15) is 18.1 Å². The fourth-order valence-electron chi connectivity index (χ4n) is 1.29. The van der Waals surface area contributed by atoms with Gasteiger partial charge in [0.05, 0.1) is 12.1 Å². The maximum absolute atomic E-state index is 12.8. The first-order valence-corrected chi connectivity index (χ1v) is 4.90. The first-order valence-electron chi connectivity index (χ1n) is 4.90. The molecule has 0 aliphatic carbocycles. The number of alkyl halides is 3. The Labute approximate surface area is 95.8 Å². The molecule has 1 aromatic carbocycles. The number of halogens is 4. The Hall–Kier alpha value is -1.59.